The molecule has 0 aliphatic carbocycles. The lowest BCUT2D eigenvalue weighted by atomic mass is 9.99. The molecule has 1 aromatic heterocycles. The number of carbonyl (C=O) groups excluding carboxylic acids is 1. The van der Waals surface area contributed by atoms with E-state index in [-0.39, 0.29) is 5.91 Å². The molecule has 3 rings (SSSR count). The second kappa shape index (κ2) is 8.07. The van der Waals surface area contributed by atoms with Crippen LogP contribution in [-0.4, -0.2) is 28.4 Å². The van der Waals surface area contributed by atoms with E-state index in [1.165, 1.54) is 6.42 Å². The van der Waals surface area contributed by atoms with Crippen LogP contribution in [0.1, 0.15) is 43.0 Å². The summed E-state index contributed by atoms with van der Waals surface area (Å²) < 4.78 is 0. The zero-order valence-corrected chi connectivity index (χ0v) is 15.6. The van der Waals surface area contributed by atoms with Crippen LogP contribution in [-0.2, 0) is 0 Å². The molecule has 1 aliphatic heterocycles. The predicted molar refractivity (Wildman–Crippen MR) is 103 cm³/mol. The number of likely N-dealkylation sites (tertiary alicyclic amines) is 1. The van der Waals surface area contributed by atoms with Crippen molar-refractivity contribution in [1.82, 2.24) is 9.88 Å². The van der Waals surface area contributed by atoms with Crippen molar-refractivity contribution in [3.8, 4) is 0 Å². The summed E-state index contributed by atoms with van der Waals surface area (Å²) >= 11 is 12.2. The number of aromatic nitrogens is 1. The normalized spacial score (nSPS) is 17.4. The molecule has 0 unspecified atom stereocenters. The van der Waals surface area contributed by atoms with Gasteiger partial charge in [0.2, 0.25) is 0 Å². The maximum absolute atomic E-state index is 12.8. The number of carbonyl (C=O) groups is 1. The third-order valence-electron chi connectivity index (χ3n) is 4.55. The summed E-state index contributed by atoms with van der Waals surface area (Å²) in [6, 6.07) is 9.27. The number of hydrogen-bond acceptors (Lipinski definition) is 3. The van der Waals surface area contributed by atoms with Crippen molar-refractivity contribution >= 4 is 40.6 Å². The Hall–Kier alpha value is -1.78. The van der Waals surface area contributed by atoms with Crippen LogP contribution in [0.5, 0.6) is 0 Å². The number of hydrogen-bond donors (Lipinski definition) is 1. The quantitative estimate of drug-likeness (QED) is 0.760. The van der Waals surface area contributed by atoms with Crippen molar-refractivity contribution < 1.29 is 4.79 Å². The minimum Gasteiger partial charge on any atom is -0.339 e. The molecule has 6 heteroatoms. The Labute approximate surface area is 158 Å². The summed E-state index contributed by atoms with van der Waals surface area (Å²) in [7, 11) is 0. The summed E-state index contributed by atoms with van der Waals surface area (Å²) in [5, 5.41) is 4.22. The van der Waals surface area contributed by atoms with Gasteiger partial charge >= 0.3 is 0 Å². The van der Waals surface area contributed by atoms with E-state index in [2.05, 4.69) is 17.2 Å². The first-order valence-corrected chi connectivity index (χ1v) is 9.33. The molecule has 1 aliphatic rings. The fourth-order valence-electron chi connectivity index (χ4n) is 3.18. The number of piperidine rings is 1. The fraction of sp³-hybridized carbons (Fsp3) is 0.368. The lowest BCUT2D eigenvalue weighted by Crippen LogP contribution is -2.43. The van der Waals surface area contributed by atoms with E-state index in [0.29, 0.717) is 27.5 Å². The van der Waals surface area contributed by atoms with Gasteiger partial charge in [0, 0.05) is 29.5 Å². The highest BCUT2D eigenvalue weighted by atomic mass is 35.5. The van der Waals surface area contributed by atoms with Crippen LogP contribution in [0.15, 0.2) is 36.5 Å². The van der Waals surface area contributed by atoms with Crippen molar-refractivity contribution in [2.75, 3.05) is 11.9 Å². The number of halogens is 2. The molecule has 1 saturated heterocycles. The lowest BCUT2D eigenvalue weighted by Gasteiger charge is -2.35. The number of anilines is 2. The molecule has 1 aromatic carbocycles. The third kappa shape index (κ3) is 4.25. The van der Waals surface area contributed by atoms with E-state index in [4.69, 9.17) is 23.2 Å². The van der Waals surface area contributed by atoms with Crippen molar-refractivity contribution in [3.05, 3.63) is 52.1 Å². The maximum Gasteiger partial charge on any atom is 0.255 e. The van der Waals surface area contributed by atoms with E-state index in [1.807, 2.05) is 17.0 Å². The molecule has 0 radical (unpaired) electrons. The lowest BCUT2D eigenvalue weighted by molar-refractivity contribution is 0.0607. The van der Waals surface area contributed by atoms with Gasteiger partial charge in [0.25, 0.3) is 5.91 Å². The van der Waals surface area contributed by atoms with Crippen LogP contribution >= 0.6 is 23.2 Å². The molecule has 132 valence electrons. The minimum atomic E-state index is 0.0130. The molecule has 0 saturated carbocycles. The SMILES string of the molecule is CC[C@@H]1CCCCN1C(=O)c1cnc(Nc2ccc(Cl)cc2)c(Cl)c1. The molecule has 0 bridgehead atoms. The van der Waals surface area contributed by atoms with Crippen LogP contribution in [0.3, 0.4) is 0 Å². The minimum absolute atomic E-state index is 0.0130. The summed E-state index contributed by atoms with van der Waals surface area (Å²) in [6.07, 6.45) is 5.88. The zero-order valence-electron chi connectivity index (χ0n) is 14.1. The zero-order chi connectivity index (χ0) is 17.8. The van der Waals surface area contributed by atoms with Gasteiger partial charge in [-0.15, -0.1) is 0 Å². The molecule has 1 amide bonds. The summed E-state index contributed by atoms with van der Waals surface area (Å²) in [5.41, 5.74) is 1.37. The number of nitrogens with zero attached hydrogens (tertiary/aromatic N) is 2. The molecule has 4 nitrogen and oxygen atoms in total. The first-order chi connectivity index (χ1) is 12.1. The van der Waals surface area contributed by atoms with Gasteiger partial charge in [-0.2, -0.15) is 0 Å². The number of amides is 1. The highest BCUT2D eigenvalue weighted by Gasteiger charge is 2.26. The Balaban J connectivity index is 1.76. The van der Waals surface area contributed by atoms with E-state index in [9.17, 15) is 4.79 Å². The number of rotatable bonds is 4. The Morgan fingerprint density at radius 3 is 2.72 bits per heavy atom. The molecule has 2 heterocycles. The summed E-state index contributed by atoms with van der Waals surface area (Å²) in [5.74, 6) is 0.533. The molecular formula is C19H21Cl2N3O. The number of pyridine rings is 1. The largest absolute Gasteiger partial charge is 0.339 e. The monoisotopic (exact) mass is 377 g/mol. The molecule has 1 N–H and O–H groups in total. The van der Waals surface area contributed by atoms with Gasteiger partial charge in [0.15, 0.2) is 0 Å². The second-order valence-corrected chi connectivity index (χ2v) is 7.09. The Kier molecular flexibility index (Phi) is 5.82. The van der Waals surface area contributed by atoms with Crippen molar-refractivity contribution in [2.24, 2.45) is 0 Å². The summed E-state index contributed by atoms with van der Waals surface area (Å²) in [6.45, 7) is 2.93. The second-order valence-electron chi connectivity index (χ2n) is 6.24. The van der Waals surface area contributed by atoms with Crippen molar-refractivity contribution in [1.29, 1.82) is 0 Å². The van der Waals surface area contributed by atoms with E-state index >= 15 is 0 Å². The highest BCUT2D eigenvalue weighted by molar-refractivity contribution is 6.33. The highest BCUT2D eigenvalue weighted by Crippen LogP contribution is 2.27. The van der Waals surface area contributed by atoms with E-state index in [0.717, 1.165) is 31.5 Å². The average molecular weight is 378 g/mol. The topological polar surface area (TPSA) is 45.2 Å². The van der Waals surface area contributed by atoms with Gasteiger partial charge in [-0.3, -0.25) is 4.79 Å². The number of benzene rings is 1. The number of nitrogens with one attached hydrogen (secondary N) is 1. The van der Waals surface area contributed by atoms with Gasteiger partial charge < -0.3 is 10.2 Å². The van der Waals surface area contributed by atoms with Crippen LogP contribution in [0.25, 0.3) is 0 Å². The third-order valence-corrected chi connectivity index (χ3v) is 5.09. The van der Waals surface area contributed by atoms with E-state index < -0.39 is 0 Å². The molecule has 1 fully saturated rings. The Morgan fingerprint density at radius 2 is 2.04 bits per heavy atom. The molecule has 25 heavy (non-hydrogen) atoms. The molecule has 2 aromatic rings. The first-order valence-electron chi connectivity index (χ1n) is 8.57. The molecule has 1 atom stereocenters. The maximum atomic E-state index is 12.8. The Bertz CT molecular complexity index is 749. The van der Waals surface area contributed by atoms with Crippen LogP contribution in [0.2, 0.25) is 10.0 Å². The molecule has 0 spiro atoms. The molecular weight excluding hydrogens is 357 g/mol. The van der Waals surface area contributed by atoms with Gasteiger partial charge in [0.05, 0.1) is 10.6 Å². The van der Waals surface area contributed by atoms with Gasteiger partial charge in [-0.1, -0.05) is 30.1 Å². The first kappa shape index (κ1) is 18.0. The predicted octanol–water partition coefficient (Wildman–Crippen LogP) is 5.54. The van der Waals surface area contributed by atoms with Crippen molar-refractivity contribution in [2.45, 2.75) is 38.6 Å². The van der Waals surface area contributed by atoms with Crippen LogP contribution in [0, 0.1) is 0 Å². The summed E-state index contributed by atoms with van der Waals surface area (Å²) in [4.78, 5) is 19.1. The fourth-order valence-corrected chi connectivity index (χ4v) is 3.51. The average Bonchev–Trinajstić information content (AvgIpc) is 2.64. The van der Waals surface area contributed by atoms with Crippen molar-refractivity contribution in [3.63, 3.8) is 0 Å². The smallest absolute Gasteiger partial charge is 0.255 e. The van der Waals surface area contributed by atoms with E-state index in [1.54, 1.807) is 24.4 Å². The Morgan fingerprint density at radius 1 is 1.28 bits per heavy atom. The van der Waals surface area contributed by atoms with Crippen LogP contribution < -0.4 is 5.32 Å². The standard InChI is InChI=1S/C19H21Cl2N3O/c1-2-16-5-3-4-10-24(16)19(25)13-11-17(21)18(22-12-13)23-15-8-6-14(20)7-9-15/h6-9,11-12,16H,2-5,10H2,1H3,(H,22,23)/t16-/m1/s1. The van der Waals surface area contributed by atoms with Crippen LogP contribution in [0.4, 0.5) is 11.5 Å². The van der Waals surface area contributed by atoms with Gasteiger partial charge in [-0.25, -0.2) is 4.98 Å². The van der Waals surface area contributed by atoms with Gasteiger partial charge in [-0.05, 0) is 56.0 Å². The van der Waals surface area contributed by atoms with Gasteiger partial charge in [0.1, 0.15) is 5.82 Å².